The van der Waals surface area contributed by atoms with Crippen molar-refractivity contribution in [2.75, 3.05) is 39.3 Å². The molecule has 10 atom stereocenters. The average molecular weight is 1410 g/mol. The fraction of sp³-hybridized carbons (Fsp3) is 1.00. The van der Waals surface area contributed by atoms with E-state index in [1.54, 1.807) is 20.8 Å². The standard InChI is InChI=1S/3C8H19NO6P2.2C7H17NO6P2/c1-6-3-7(2)5-9(4-6)8(16(10,11)12)17(13,14)15;1-6-4-3-5-7(2)9(6)8(16(10,11)12)17(13,14)15;1-2-7-5-3-4-6-9(7)8(16(10,11)12)17(13,14)15;1-6-3-2-4-8(5-6)7(15(9,10)11)16(12,13)14;1-6-4-2-3-5-8(6)7(15(9,10)11)16(12,13)14/h2*6-8H,3-5H2,1-2H3,(H2,10,11,12)(H2,13,14,15);7-8H,2-6H2,1H3,(H2,10,11,12)(H2,13,14,15);2*6-7H,2-5H2,1H3,(H2,9,10,11)(H2,12,13,14)/p+5. The molecule has 0 aromatic carbocycles. The van der Waals surface area contributed by atoms with E-state index in [4.69, 9.17) is 58.7 Å². The van der Waals surface area contributed by atoms with E-state index in [0.717, 1.165) is 77.0 Å². The zero-order valence-electron chi connectivity index (χ0n) is 47.4. The summed E-state index contributed by atoms with van der Waals surface area (Å²) < 4.78 is 113. The molecule has 0 amide bonds. The van der Waals surface area contributed by atoms with E-state index in [1.165, 1.54) is 0 Å². The Morgan fingerprint density at radius 3 is 0.976 bits per heavy atom. The van der Waals surface area contributed by atoms with Crippen molar-refractivity contribution >= 4 is 76.0 Å². The first-order valence-electron chi connectivity index (χ1n) is 26.8. The lowest BCUT2D eigenvalue weighted by molar-refractivity contribution is -0.952. The monoisotopic (exact) mass is 1410 g/mol. The molecule has 0 bridgehead atoms. The van der Waals surface area contributed by atoms with E-state index < -0.39 is 104 Å². The van der Waals surface area contributed by atoms with Crippen molar-refractivity contribution in [3.63, 3.8) is 0 Å². The van der Waals surface area contributed by atoms with E-state index in [-0.39, 0.29) is 41.9 Å². The third-order valence-electron chi connectivity index (χ3n) is 15.4. The molecule has 0 radical (unpaired) electrons. The number of nitrogens with one attached hydrogen (secondary N) is 5. The average Bonchev–Trinajstić information content (AvgIpc) is 3.22. The molecule has 5 aliphatic rings. The Hall–Kier alpha value is 1.30. The maximum Gasteiger partial charge on any atom is 0.395 e. The van der Waals surface area contributed by atoms with E-state index in [0.29, 0.717) is 70.2 Å². The highest BCUT2D eigenvalue weighted by molar-refractivity contribution is 7.72. The van der Waals surface area contributed by atoms with Crippen LogP contribution in [0.5, 0.6) is 0 Å². The van der Waals surface area contributed by atoms with Gasteiger partial charge in [0, 0.05) is 17.8 Å². The Kier molecular flexibility index (Phi) is 32.5. The highest BCUT2D eigenvalue weighted by Gasteiger charge is 2.58. The lowest BCUT2D eigenvalue weighted by Crippen LogP contribution is -3.22. The molecule has 5 aliphatic heterocycles. The summed E-state index contributed by atoms with van der Waals surface area (Å²) in [6.45, 7) is 15.3. The van der Waals surface area contributed by atoms with Gasteiger partial charge in [-0.15, -0.1) is 0 Å². The van der Waals surface area contributed by atoms with Crippen LogP contribution in [-0.4, -0.2) is 189 Å². The van der Waals surface area contributed by atoms with Crippen LogP contribution in [0, 0.1) is 17.8 Å². The summed E-state index contributed by atoms with van der Waals surface area (Å²) in [5, 5.41) is 0. The second-order valence-electron chi connectivity index (χ2n) is 23.0. The van der Waals surface area contributed by atoms with Crippen LogP contribution in [0.25, 0.3) is 0 Å². The van der Waals surface area contributed by atoms with Crippen molar-refractivity contribution in [1.29, 1.82) is 0 Å². The van der Waals surface area contributed by atoms with Gasteiger partial charge in [0.15, 0.2) is 0 Å². The van der Waals surface area contributed by atoms with Gasteiger partial charge in [-0.2, -0.15) is 0 Å². The number of piperidine rings is 5. The van der Waals surface area contributed by atoms with Crippen LogP contribution in [0.2, 0.25) is 0 Å². The van der Waals surface area contributed by atoms with Gasteiger partial charge in [-0.05, 0) is 104 Å². The number of quaternary nitrogens is 5. The number of likely N-dealkylation sites (tertiary alicyclic amines) is 5. The SMILES string of the molecule is CC1CC(C)C[NH+](C(P(=O)(O)O)P(=O)(O)O)C1.CC1CCCC(C)[NH+]1C(P(=O)(O)O)P(=O)(O)O.CC1CCCC[NH+]1C(P(=O)(O)O)P(=O)(O)O.CC1CCC[NH+](C(P(=O)(O)O)P(=O)(O)O)C1.CCC1CCCC[NH+]1C(P(=O)(O)O)P(=O)(O)O. The molecule has 45 heteroatoms. The molecule has 10 unspecified atom stereocenters. The summed E-state index contributed by atoms with van der Waals surface area (Å²) in [6.07, 6.45) is 10.4. The van der Waals surface area contributed by atoms with Crippen LogP contribution in [0.1, 0.15) is 132 Å². The molecule has 5 heterocycles. The van der Waals surface area contributed by atoms with Crippen molar-refractivity contribution in [3.05, 3.63) is 0 Å². The molecule has 35 nitrogen and oxygen atoms in total. The molecule has 0 spiro atoms. The molecular weight excluding hydrogens is 1320 g/mol. The molecule has 5 saturated heterocycles. The molecule has 5 fully saturated rings. The Bertz CT molecular complexity index is 2410. The third-order valence-corrected chi connectivity index (χ3v) is 34.2. The van der Waals surface area contributed by atoms with Gasteiger partial charge in [0.05, 0.1) is 63.4 Å². The van der Waals surface area contributed by atoms with Gasteiger partial charge in [0.2, 0.25) is 0 Å². The molecule has 83 heavy (non-hydrogen) atoms. The fourth-order valence-corrected chi connectivity index (χ4v) is 28.0. The zero-order valence-corrected chi connectivity index (χ0v) is 56.3. The van der Waals surface area contributed by atoms with Crippen LogP contribution in [0.3, 0.4) is 0 Å². The minimum Gasteiger partial charge on any atom is -0.320 e. The third kappa shape index (κ3) is 27.6. The Balaban J connectivity index is 0.000000519. The van der Waals surface area contributed by atoms with Crippen LogP contribution in [0.15, 0.2) is 0 Å². The second kappa shape index (κ2) is 32.7. The van der Waals surface area contributed by atoms with Crippen LogP contribution < -0.4 is 24.5 Å². The van der Waals surface area contributed by atoms with Gasteiger partial charge in [0.25, 0.3) is 27.6 Å². The van der Waals surface area contributed by atoms with E-state index >= 15 is 0 Å². The summed E-state index contributed by atoms with van der Waals surface area (Å²) in [4.78, 5) is 184. The van der Waals surface area contributed by atoms with E-state index in [1.807, 2.05) is 27.7 Å². The zero-order chi connectivity index (χ0) is 65.2. The van der Waals surface area contributed by atoms with Gasteiger partial charge in [-0.1, -0.05) is 27.7 Å². The van der Waals surface area contributed by atoms with E-state index in [2.05, 4.69) is 0 Å². The number of rotatable bonds is 16. The first kappa shape index (κ1) is 82.3. The first-order valence-corrected chi connectivity index (χ1v) is 43.6. The fourth-order valence-electron chi connectivity index (χ4n) is 12.4. The highest BCUT2D eigenvalue weighted by atomic mass is 31.3. The molecule has 5 rings (SSSR count). The predicted molar refractivity (Wildman–Crippen MR) is 299 cm³/mol. The van der Waals surface area contributed by atoms with Crippen molar-refractivity contribution in [2.45, 2.75) is 184 Å². The molecular formula is C38H96N5O30P10+5. The van der Waals surface area contributed by atoms with Gasteiger partial charge >= 0.3 is 76.0 Å². The maximum atomic E-state index is 11.3. The van der Waals surface area contributed by atoms with Crippen LogP contribution >= 0.6 is 76.0 Å². The van der Waals surface area contributed by atoms with Gasteiger partial charge in [-0.25, -0.2) is 0 Å². The minimum atomic E-state index is -4.84. The smallest absolute Gasteiger partial charge is 0.320 e. The summed E-state index contributed by atoms with van der Waals surface area (Å²) in [6, 6.07) is -0.555. The van der Waals surface area contributed by atoms with Crippen molar-refractivity contribution in [2.24, 2.45) is 17.8 Å². The highest BCUT2D eigenvalue weighted by Crippen LogP contribution is 2.60. The van der Waals surface area contributed by atoms with Crippen molar-refractivity contribution in [3.8, 4) is 0 Å². The van der Waals surface area contributed by atoms with Crippen LogP contribution in [-0.2, 0) is 45.7 Å². The van der Waals surface area contributed by atoms with Gasteiger partial charge in [-0.3, -0.25) is 45.7 Å². The molecule has 0 saturated carbocycles. The second-order valence-corrected chi connectivity index (χ2v) is 42.0. The van der Waals surface area contributed by atoms with Gasteiger partial charge < -0.3 is 122 Å². The number of hydrogen-bond acceptors (Lipinski definition) is 10. The summed E-state index contributed by atoms with van der Waals surface area (Å²) in [7, 11) is -48.1. The van der Waals surface area contributed by atoms with Crippen molar-refractivity contribution in [1.82, 2.24) is 0 Å². The molecule has 25 N–H and O–H groups in total. The Labute approximate surface area is 483 Å². The lowest BCUT2D eigenvalue weighted by atomic mass is 9.92. The summed E-state index contributed by atoms with van der Waals surface area (Å²) >= 11 is 0. The summed E-state index contributed by atoms with van der Waals surface area (Å²) in [5.74, 6) is 0.632. The van der Waals surface area contributed by atoms with Gasteiger partial charge in [0.1, 0.15) is 0 Å². The predicted octanol–water partition coefficient (Wildman–Crippen LogP) is -3.85. The minimum absolute atomic E-state index is 0.0889. The largest absolute Gasteiger partial charge is 0.395 e. The van der Waals surface area contributed by atoms with Crippen molar-refractivity contribution < 1.29 is 168 Å². The molecule has 0 aliphatic carbocycles. The lowest BCUT2D eigenvalue weighted by Gasteiger charge is -2.40. The Morgan fingerprint density at radius 2 is 0.639 bits per heavy atom. The van der Waals surface area contributed by atoms with E-state index in [9.17, 15) is 84.8 Å². The Morgan fingerprint density at radius 1 is 0.325 bits per heavy atom. The molecule has 0 aromatic heterocycles. The normalized spacial score (nSPS) is 29.6. The topological polar surface area (TPSA) is 598 Å². The summed E-state index contributed by atoms with van der Waals surface area (Å²) in [5.41, 5.74) is -9.56. The molecule has 498 valence electrons. The first-order chi connectivity index (χ1) is 37.0. The van der Waals surface area contributed by atoms with Crippen LogP contribution in [0.4, 0.5) is 0 Å². The maximum absolute atomic E-state index is 11.3. The molecule has 0 aromatic rings. The number of hydrogen-bond donors (Lipinski definition) is 25. The quantitative estimate of drug-likeness (QED) is 0.0658.